The third kappa shape index (κ3) is 3.39. The third-order valence-corrected chi connectivity index (χ3v) is 5.13. The summed E-state index contributed by atoms with van der Waals surface area (Å²) in [6.07, 6.45) is 2.30. The van der Waals surface area contributed by atoms with Crippen molar-refractivity contribution in [3.8, 4) is 5.75 Å². The number of benzene rings is 3. The second-order valence-corrected chi connectivity index (χ2v) is 6.77. The minimum atomic E-state index is 0.0776. The number of hydrogen-bond donors (Lipinski definition) is 3. The molecule has 1 fully saturated rings. The van der Waals surface area contributed by atoms with Crippen LogP contribution in [0.4, 0.5) is 0 Å². The van der Waals surface area contributed by atoms with E-state index in [0.717, 1.165) is 30.5 Å². The molecule has 2 atom stereocenters. The van der Waals surface area contributed by atoms with E-state index in [1.54, 1.807) is 0 Å². The molecule has 0 aromatic heterocycles. The van der Waals surface area contributed by atoms with Crippen molar-refractivity contribution < 1.29 is 5.11 Å². The molecule has 4 rings (SSSR count). The first-order valence-corrected chi connectivity index (χ1v) is 9.04. The van der Waals surface area contributed by atoms with Crippen molar-refractivity contribution in [2.24, 2.45) is 0 Å². The SMILES string of the molecule is Oc1ccc2ccccc2c1[C@H](NCc1ccccc1)[C@@H]1CCCN1. The van der Waals surface area contributed by atoms with Gasteiger partial charge >= 0.3 is 0 Å². The van der Waals surface area contributed by atoms with E-state index in [-0.39, 0.29) is 6.04 Å². The van der Waals surface area contributed by atoms with E-state index in [1.807, 2.05) is 30.3 Å². The largest absolute Gasteiger partial charge is 0.508 e. The van der Waals surface area contributed by atoms with Crippen LogP contribution in [-0.2, 0) is 6.54 Å². The molecule has 25 heavy (non-hydrogen) atoms. The van der Waals surface area contributed by atoms with Crippen LogP contribution in [0, 0.1) is 0 Å². The summed E-state index contributed by atoms with van der Waals surface area (Å²) in [6.45, 7) is 1.83. The Balaban J connectivity index is 1.72. The van der Waals surface area contributed by atoms with Crippen LogP contribution < -0.4 is 10.6 Å². The number of rotatable bonds is 5. The molecule has 3 aromatic rings. The zero-order chi connectivity index (χ0) is 17.1. The first kappa shape index (κ1) is 16.1. The van der Waals surface area contributed by atoms with E-state index < -0.39 is 0 Å². The zero-order valence-corrected chi connectivity index (χ0v) is 14.3. The van der Waals surface area contributed by atoms with Crippen molar-refractivity contribution in [3.05, 3.63) is 77.9 Å². The number of fused-ring (bicyclic) bond motifs is 1. The summed E-state index contributed by atoms with van der Waals surface area (Å²) in [5.41, 5.74) is 2.26. The molecule has 0 bridgehead atoms. The molecule has 0 saturated carbocycles. The summed E-state index contributed by atoms with van der Waals surface area (Å²) >= 11 is 0. The fourth-order valence-corrected chi connectivity index (χ4v) is 3.88. The minimum Gasteiger partial charge on any atom is -0.508 e. The molecule has 3 nitrogen and oxygen atoms in total. The summed E-state index contributed by atoms with van der Waals surface area (Å²) in [4.78, 5) is 0. The Morgan fingerprint density at radius 2 is 1.80 bits per heavy atom. The maximum Gasteiger partial charge on any atom is 0.121 e. The molecule has 1 aliphatic heterocycles. The van der Waals surface area contributed by atoms with E-state index in [1.165, 1.54) is 17.4 Å². The lowest BCUT2D eigenvalue weighted by Gasteiger charge is -2.27. The second-order valence-electron chi connectivity index (χ2n) is 6.77. The van der Waals surface area contributed by atoms with E-state index in [0.29, 0.717) is 11.8 Å². The van der Waals surface area contributed by atoms with Crippen molar-refractivity contribution in [3.63, 3.8) is 0 Å². The quantitative estimate of drug-likeness (QED) is 0.658. The van der Waals surface area contributed by atoms with E-state index >= 15 is 0 Å². The Bertz CT molecular complexity index is 841. The molecular formula is C22H24N2O. The van der Waals surface area contributed by atoms with Gasteiger partial charge in [0, 0.05) is 18.2 Å². The first-order chi connectivity index (χ1) is 12.3. The Kier molecular flexibility index (Phi) is 4.68. The van der Waals surface area contributed by atoms with E-state index in [9.17, 15) is 5.11 Å². The van der Waals surface area contributed by atoms with Gasteiger partial charge in [0.05, 0.1) is 6.04 Å². The predicted molar refractivity (Wildman–Crippen MR) is 103 cm³/mol. The number of phenols is 1. The van der Waals surface area contributed by atoms with Crippen molar-refractivity contribution >= 4 is 10.8 Å². The topological polar surface area (TPSA) is 44.3 Å². The average Bonchev–Trinajstić information content (AvgIpc) is 3.19. The standard InChI is InChI=1S/C22H24N2O/c25-20-13-12-17-9-4-5-10-18(17)21(20)22(19-11-6-14-23-19)24-15-16-7-2-1-3-8-16/h1-5,7-10,12-13,19,22-25H,6,11,14-15H2/t19-,22+/m0/s1. The summed E-state index contributed by atoms with van der Waals surface area (Å²) in [6, 6.07) is 23.0. The molecule has 0 unspecified atom stereocenters. The van der Waals surface area contributed by atoms with Crippen molar-refractivity contribution in [2.75, 3.05) is 6.54 Å². The van der Waals surface area contributed by atoms with Crippen LogP contribution in [0.2, 0.25) is 0 Å². The molecule has 128 valence electrons. The first-order valence-electron chi connectivity index (χ1n) is 9.04. The van der Waals surface area contributed by atoms with E-state index in [2.05, 4.69) is 47.0 Å². The molecule has 0 spiro atoms. The number of phenolic OH excluding ortho intramolecular Hbond substituents is 1. The maximum atomic E-state index is 10.7. The van der Waals surface area contributed by atoms with Crippen LogP contribution in [0.1, 0.15) is 30.0 Å². The highest BCUT2D eigenvalue weighted by atomic mass is 16.3. The summed E-state index contributed by atoms with van der Waals surface area (Å²) in [5, 5.41) is 20.3. The molecule has 0 aliphatic carbocycles. The lowest BCUT2D eigenvalue weighted by Crippen LogP contribution is -2.37. The molecule has 3 N–H and O–H groups in total. The van der Waals surface area contributed by atoms with Gasteiger partial charge in [0.15, 0.2) is 0 Å². The molecule has 1 heterocycles. The van der Waals surface area contributed by atoms with Gasteiger partial charge in [0.25, 0.3) is 0 Å². The lowest BCUT2D eigenvalue weighted by atomic mass is 9.92. The zero-order valence-electron chi connectivity index (χ0n) is 14.3. The predicted octanol–water partition coefficient (Wildman–Crippen LogP) is 4.13. The Morgan fingerprint density at radius 1 is 1.00 bits per heavy atom. The normalized spacial score (nSPS) is 18.5. The highest BCUT2D eigenvalue weighted by Gasteiger charge is 2.29. The minimum absolute atomic E-state index is 0.0776. The van der Waals surface area contributed by atoms with Crippen molar-refractivity contribution in [1.82, 2.24) is 10.6 Å². The molecule has 0 radical (unpaired) electrons. The van der Waals surface area contributed by atoms with Crippen LogP contribution in [0.25, 0.3) is 10.8 Å². The van der Waals surface area contributed by atoms with Crippen LogP contribution in [-0.4, -0.2) is 17.7 Å². The smallest absolute Gasteiger partial charge is 0.121 e. The molecule has 1 aliphatic rings. The van der Waals surface area contributed by atoms with Gasteiger partial charge in [-0.1, -0.05) is 60.7 Å². The highest BCUT2D eigenvalue weighted by Crippen LogP contribution is 2.36. The highest BCUT2D eigenvalue weighted by molar-refractivity contribution is 5.88. The average molecular weight is 332 g/mol. The fraction of sp³-hybridized carbons (Fsp3) is 0.273. The van der Waals surface area contributed by atoms with Gasteiger partial charge in [0.2, 0.25) is 0 Å². The lowest BCUT2D eigenvalue weighted by molar-refractivity contribution is 0.391. The van der Waals surface area contributed by atoms with Gasteiger partial charge in [-0.15, -0.1) is 0 Å². The van der Waals surface area contributed by atoms with Gasteiger partial charge in [-0.2, -0.15) is 0 Å². The van der Waals surface area contributed by atoms with Gasteiger partial charge < -0.3 is 15.7 Å². The third-order valence-electron chi connectivity index (χ3n) is 5.13. The van der Waals surface area contributed by atoms with Crippen LogP contribution in [0.3, 0.4) is 0 Å². The fourth-order valence-electron chi connectivity index (χ4n) is 3.88. The van der Waals surface area contributed by atoms with Gasteiger partial charge in [-0.3, -0.25) is 0 Å². The molecular weight excluding hydrogens is 308 g/mol. The molecule has 1 saturated heterocycles. The van der Waals surface area contributed by atoms with Crippen LogP contribution >= 0.6 is 0 Å². The molecule has 3 heteroatoms. The maximum absolute atomic E-state index is 10.7. The summed E-state index contributed by atoms with van der Waals surface area (Å²) in [7, 11) is 0. The van der Waals surface area contributed by atoms with E-state index in [4.69, 9.17) is 0 Å². The second kappa shape index (κ2) is 7.26. The number of hydrogen-bond acceptors (Lipinski definition) is 3. The Hall–Kier alpha value is -2.36. The Labute approximate surface area is 148 Å². The Morgan fingerprint density at radius 3 is 2.60 bits per heavy atom. The molecule has 3 aromatic carbocycles. The molecule has 0 amide bonds. The number of aromatic hydroxyl groups is 1. The van der Waals surface area contributed by atoms with Gasteiger partial charge in [0.1, 0.15) is 5.75 Å². The van der Waals surface area contributed by atoms with Crippen LogP contribution in [0.15, 0.2) is 66.7 Å². The summed E-state index contributed by atoms with van der Waals surface area (Å²) < 4.78 is 0. The van der Waals surface area contributed by atoms with Crippen molar-refractivity contribution in [1.29, 1.82) is 0 Å². The monoisotopic (exact) mass is 332 g/mol. The summed E-state index contributed by atoms with van der Waals surface area (Å²) in [5.74, 6) is 0.373. The van der Waals surface area contributed by atoms with Gasteiger partial charge in [-0.25, -0.2) is 0 Å². The van der Waals surface area contributed by atoms with Gasteiger partial charge in [-0.05, 0) is 41.8 Å². The van der Waals surface area contributed by atoms with Crippen molar-refractivity contribution in [2.45, 2.75) is 31.5 Å². The number of nitrogens with one attached hydrogen (secondary N) is 2. The van der Waals surface area contributed by atoms with Crippen LogP contribution in [0.5, 0.6) is 5.75 Å².